The van der Waals surface area contributed by atoms with E-state index in [1.165, 1.54) is 15.5 Å². The number of amides is 3. The van der Waals surface area contributed by atoms with Crippen LogP contribution in [0.15, 0.2) is 30.3 Å². The van der Waals surface area contributed by atoms with E-state index < -0.39 is 5.54 Å². The number of hydrogen-bond donors (Lipinski definition) is 2. The zero-order chi connectivity index (χ0) is 20.6. The Balaban J connectivity index is 1.34. The average molecular weight is 400 g/mol. The molecule has 0 radical (unpaired) electrons. The summed E-state index contributed by atoms with van der Waals surface area (Å²) in [4.78, 5) is 31.1. The first-order valence-electron chi connectivity index (χ1n) is 11.1. The smallest absolute Gasteiger partial charge is 0.329 e. The van der Waals surface area contributed by atoms with E-state index in [0.29, 0.717) is 12.6 Å². The Hall–Kier alpha value is -2.08. The largest absolute Gasteiger partial charge is 0.360 e. The van der Waals surface area contributed by atoms with Crippen LogP contribution < -0.4 is 15.1 Å². The number of urea groups is 1. The maximum absolute atomic E-state index is 13.2. The second-order valence-electron chi connectivity index (χ2n) is 10.1. The molecular formula is C23H35N4O2+. The lowest BCUT2D eigenvalue weighted by molar-refractivity contribution is -0.907. The number of imide groups is 1. The normalized spacial score (nSPS) is 28.9. The van der Waals surface area contributed by atoms with Gasteiger partial charge in [-0.2, -0.15) is 0 Å². The van der Waals surface area contributed by atoms with Gasteiger partial charge in [0, 0.05) is 5.69 Å². The molecular weight excluding hydrogens is 364 g/mol. The summed E-state index contributed by atoms with van der Waals surface area (Å²) < 4.78 is 0. The van der Waals surface area contributed by atoms with Gasteiger partial charge in [0.05, 0.1) is 26.2 Å². The Bertz CT molecular complexity index is 742. The van der Waals surface area contributed by atoms with Crippen LogP contribution in [0.5, 0.6) is 0 Å². The monoisotopic (exact) mass is 399 g/mol. The van der Waals surface area contributed by atoms with Gasteiger partial charge >= 0.3 is 6.03 Å². The number of anilines is 1. The first-order valence-corrected chi connectivity index (χ1v) is 11.1. The molecule has 29 heavy (non-hydrogen) atoms. The van der Waals surface area contributed by atoms with Crippen LogP contribution >= 0.6 is 0 Å². The van der Waals surface area contributed by atoms with E-state index in [9.17, 15) is 9.59 Å². The van der Waals surface area contributed by atoms with Crippen LogP contribution in [0.25, 0.3) is 0 Å². The molecule has 3 aliphatic rings. The number of para-hydroxylation sites is 1. The van der Waals surface area contributed by atoms with Crippen molar-refractivity contribution in [3.63, 3.8) is 0 Å². The summed E-state index contributed by atoms with van der Waals surface area (Å²) in [6, 6.07) is 10.3. The molecule has 1 spiro atoms. The van der Waals surface area contributed by atoms with Gasteiger partial charge in [0.15, 0.2) is 6.67 Å². The first-order chi connectivity index (χ1) is 13.8. The summed E-state index contributed by atoms with van der Waals surface area (Å²) in [5, 5.41) is 3.08. The fraction of sp³-hybridized carbons (Fsp3) is 0.652. The van der Waals surface area contributed by atoms with Gasteiger partial charge in [0.2, 0.25) is 0 Å². The molecule has 158 valence electrons. The lowest BCUT2D eigenvalue weighted by Crippen LogP contribution is -3.16. The highest BCUT2D eigenvalue weighted by atomic mass is 16.2. The molecule has 3 fully saturated rings. The number of carbonyl (C=O) groups is 2. The third-order valence-corrected chi connectivity index (χ3v) is 7.28. The van der Waals surface area contributed by atoms with Crippen LogP contribution in [0.1, 0.15) is 46.5 Å². The summed E-state index contributed by atoms with van der Waals surface area (Å²) in [5.41, 5.74) is 0.857. The molecule has 2 aliphatic heterocycles. The number of carbonyl (C=O) groups excluding carboxylic acids is 2. The Morgan fingerprint density at radius 3 is 2.28 bits per heavy atom. The number of piperazine rings is 1. The fourth-order valence-electron chi connectivity index (χ4n) is 5.24. The van der Waals surface area contributed by atoms with Crippen molar-refractivity contribution in [2.24, 2.45) is 11.3 Å². The molecule has 1 aliphatic carbocycles. The summed E-state index contributed by atoms with van der Waals surface area (Å²) in [6.45, 7) is 11.1. The van der Waals surface area contributed by atoms with E-state index in [0.717, 1.165) is 51.9 Å². The zero-order valence-corrected chi connectivity index (χ0v) is 18.0. The number of nitrogens with zero attached hydrogens (tertiary/aromatic N) is 2. The number of benzene rings is 1. The lowest BCUT2D eigenvalue weighted by atomic mass is 9.67. The van der Waals surface area contributed by atoms with Crippen molar-refractivity contribution < 1.29 is 14.5 Å². The van der Waals surface area contributed by atoms with Crippen LogP contribution in [0.4, 0.5) is 10.5 Å². The molecule has 0 bridgehead atoms. The molecule has 2 heterocycles. The predicted octanol–water partition coefficient (Wildman–Crippen LogP) is 1.88. The van der Waals surface area contributed by atoms with Gasteiger partial charge in [-0.15, -0.1) is 0 Å². The quantitative estimate of drug-likeness (QED) is 0.763. The van der Waals surface area contributed by atoms with Crippen molar-refractivity contribution in [3.05, 3.63) is 30.3 Å². The topological polar surface area (TPSA) is 57.1 Å². The van der Waals surface area contributed by atoms with Crippen molar-refractivity contribution in [2.45, 2.75) is 52.0 Å². The summed E-state index contributed by atoms with van der Waals surface area (Å²) >= 11 is 0. The average Bonchev–Trinajstić information content (AvgIpc) is 2.93. The van der Waals surface area contributed by atoms with Gasteiger partial charge in [-0.25, -0.2) is 9.69 Å². The molecule has 0 aromatic heterocycles. The minimum atomic E-state index is -0.649. The van der Waals surface area contributed by atoms with Gasteiger partial charge in [-0.3, -0.25) is 4.79 Å². The fourth-order valence-corrected chi connectivity index (χ4v) is 5.24. The minimum absolute atomic E-state index is 0.00727. The second-order valence-corrected chi connectivity index (χ2v) is 10.1. The highest BCUT2D eigenvalue weighted by molar-refractivity contribution is 6.06. The molecule has 1 aromatic rings. The van der Waals surface area contributed by atoms with Gasteiger partial charge < -0.3 is 15.1 Å². The highest BCUT2D eigenvalue weighted by Gasteiger charge is 2.54. The molecule has 1 saturated carbocycles. The Kier molecular flexibility index (Phi) is 5.32. The van der Waals surface area contributed by atoms with Gasteiger partial charge in [-0.1, -0.05) is 39.0 Å². The van der Waals surface area contributed by atoms with Gasteiger partial charge in [0.1, 0.15) is 5.54 Å². The molecule has 2 N–H and O–H groups in total. The second kappa shape index (κ2) is 7.63. The molecule has 0 unspecified atom stereocenters. The predicted molar refractivity (Wildman–Crippen MR) is 114 cm³/mol. The zero-order valence-electron chi connectivity index (χ0n) is 18.0. The van der Waals surface area contributed by atoms with E-state index in [4.69, 9.17) is 0 Å². The van der Waals surface area contributed by atoms with Crippen molar-refractivity contribution >= 4 is 17.6 Å². The molecule has 2 saturated heterocycles. The molecule has 4 rings (SSSR count). The number of nitrogens with one attached hydrogen (secondary N) is 2. The van der Waals surface area contributed by atoms with Crippen molar-refractivity contribution in [1.82, 2.24) is 10.2 Å². The van der Waals surface area contributed by atoms with Gasteiger partial charge in [0.25, 0.3) is 5.91 Å². The minimum Gasteiger partial charge on any atom is -0.360 e. The Morgan fingerprint density at radius 1 is 1.07 bits per heavy atom. The number of quaternary nitrogens is 1. The van der Waals surface area contributed by atoms with Crippen LogP contribution in [-0.4, -0.2) is 55.2 Å². The van der Waals surface area contributed by atoms with Gasteiger partial charge in [-0.05, 0) is 49.1 Å². The summed E-state index contributed by atoms with van der Waals surface area (Å²) in [7, 11) is 0. The SMILES string of the molecule is CC(C)(C)C1CCC2(CC1)NC(=O)N(C[NH+]1CCN(c3ccccc3)CC1)C2=O. The van der Waals surface area contributed by atoms with E-state index in [2.05, 4.69) is 55.3 Å². The molecule has 1 aromatic carbocycles. The Labute approximate surface area is 174 Å². The van der Waals surface area contributed by atoms with E-state index >= 15 is 0 Å². The summed E-state index contributed by atoms with van der Waals surface area (Å²) in [5.74, 6) is 0.622. The maximum Gasteiger partial charge on any atom is 0.329 e. The third kappa shape index (κ3) is 4.00. The molecule has 6 heteroatoms. The van der Waals surface area contributed by atoms with Crippen molar-refractivity contribution in [2.75, 3.05) is 37.7 Å². The Morgan fingerprint density at radius 2 is 1.69 bits per heavy atom. The van der Waals surface area contributed by atoms with Crippen LogP contribution in [0, 0.1) is 11.3 Å². The van der Waals surface area contributed by atoms with Crippen LogP contribution in [0.3, 0.4) is 0 Å². The molecule has 6 nitrogen and oxygen atoms in total. The maximum atomic E-state index is 13.2. The van der Waals surface area contributed by atoms with E-state index in [1.807, 2.05) is 6.07 Å². The van der Waals surface area contributed by atoms with E-state index in [-0.39, 0.29) is 17.4 Å². The van der Waals surface area contributed by atoms with Crippen molar-refractivity contribution in [3.8, 4) is 0 Å². The van der Waals surface area contributed by atoms with Crippen molar-refractivity contribution in [1.29, 1.82) is 0 Å². The highest BCUT2D eigenvalue weighted by Crippen LogP contribution is 2.43. The lowest BCUT2D eigenvalue weighted by Gasteiger charge is -2.40. The van der Waals surface area contributed by atoms with Crippen LogP contribution in [-0.2, 0) is 4.79 Å². The first kappa shape index (κ1) is 20.2. The van der Waals surface area contributed by atoms with Crippen LogP contribution in [0.2, 0.25) is 0 Å². The number of rotatable bonds is 3. The standard InChI is InChI=1S/C23H34N4O2/c1-22(2,3)18-9-11-23(12-10-18)20(28)27(21(29)24-23)17-25-13-15-26(16-14-25)19-7-5-4-6-8-19/h4-8,18H,9-17H2,1-3H3,(H,24,29)/p+1. The number of hydrogen-bond acceptors (Lipinski definition) is 3. The molecule has 3 amide bonds. The van der Waals surface area contributed by atoms with E-state index in [1.54, 1.807) is 0 Å². The molecule has 0 atom stereocenters. The summed E-state index contributed by atoms with van der Waals surface area (Å²) in [6.07, 6.45) is 3.55. The third-order valence-electron chi connectivity index (χ3n) is 7.28.